The SMILES string of the molecule is O=C(O)c1ccc2nccc(Nc3ccc(C(=O)Nc4ccc(Nc5ccccc5)cc4)cn3)c2c1. The number of aromatic carboxylic acids is 1. The van der Waals surface area contributed by atoms with E-state index in [1.807, 2.05) is 54.6 Å². The van der Waals surface area contributed by atoms with Gasteiger partial charge in [0.1, 0.15) is 5.82 Å². The van der Waals surface area contributed by atoms with Crippen molar-refractivity contribution in [1.82, 2.24) is 9.97 Å². The standard InChI is InChI=1S/C28H21N5O3/c34-27(32-22-10-8-21(9-11-22)31-20-4-2-1-3-5-20)19-7-13-26(30-17-19)33-25-14-15-29-24-12-6-18(28(35)36)16-23(24)25/h1-17,31H,(H,32,34)(H,35,36)(H,29,30,33). The van der Waals surface area contributed by atoms with Gasteiger partial charge in [-0.3, -0.25) is 9.78 Å². The minimum atomic E-state index is -1.01. The molecule has 2 heterocycles. The number of carbonyl (C=O) groups excluding carboxylic acids is 1. The number of anilines is 5. The summed E-state index contributed by atoms with van der Waals surface area (Å²) in [4.78, 5) is 32.6. The molecule has 0 unspecified atom stereocenters. The quantitative estimate of drug-likeness (QED) is 0.226. The number of aromatic nitrogens is 2. The van der Waals surface area contributed by atoms with E-state index in [4.69, 9.17) is 0 Å². The van der Waals surface area contributed by atoms with E-state index in [-0.39, 0.29) is 11.5 Å². The van der Waals surface area contributed by atoms with Gasteiger partial charge in [-0.2, -0.15) is 0 Å². The van der Waals surface area contributed by atoms with E-state index in [0.29, 0.717) is 33.7 Å². The molecule has 36 heavy (non-hydrogen) atoms. The van der Waals surface area contributed by atoms with Crippen molar-refractivity contribution in [3.63, 3.8) is 0 Å². The van der Waals surface area contributed by atoms with Crippen molar-refractivity contribution in [1.29, 1.82) is 0 Å². The summed E-state index contributed by atoms with van der Waals surface area (Å²) in [6.07, 6.45) is 3.11. The van der Waals surface area contributed by atoms with E-state index in [9.17, 15) is 14.7 Å². The number of carboxylic acid groups (broad SMARTS) is 1. The van der Waals surface area contributed by atoms with Crippen LogP contribution in [0, 0.1) is 0 Å². The molecule has 0 aliphatic rings. The number of nitrogens with zero attached hydrogens (tertiary/aromatic N) is 2. The molecule has 0 saturated heterocycles. The number of nitrogens with one attached hydrogen (secondary N) is 3. The van der Waals surface area contributed by atoms with Crippen LogP contribution in [0.1, 0.15) is 20.7 Å². The Morgan fingerprint density at radius 3 is 2.14 bits per heavy atom. The maximum atomic E-state index is 12.7. The van der Waals surface area contributed by atoms with Crippen LogP contribution in [0.25, 0.3) is 10.9 Å². The summed E-state index contributed by atoms with van der Waals surface area (Å²) in [6.45, 7) is 0. The molecule has 0 aliphatic carbocycles. The van der Waals surface area contributed by atoms with Gasteiger partial charge in [-0.1, -0.05) is 18.2 Å². The van der Waals surface area contributed by atoms with Crippen LogP contribution in [-0.2, 0) is 0 Å². The Hall–Kier alpha value is -5.24. The summed E-state index contributed by atoms with van der Waals surface area (Å²) in [5, 5.41) is 19.3. The zero-order valence-corrected chi connectivity index (χ0v) is 19.0. The number of amides is 1. The number of pyridine rings is 2. The first-order chi connectivity index (χ1) is 17.5. The molecule has 8 nitrogen and oxygen atoms in total. The number of hydrogen-bond acceptors (Lipinski definition) is 6. The topological polar surface area (TPSA) is 116 Å². The van der Waals surface area contributed by atoms with E-state index >= 15 is 0 Å². The molecule has 0 fully saturated rings. The Balaban J connectivity index is 1.25. The minimum Gasteiger partial charge on any atom is -0.478 e. The average molecular weight is 476 g/mol. The van der Waals surface area contributed by atoms with Crippen molar-refractivity contribution in [3.05, 3.63) is 115 Å². The number of para-hydroxylation sites is 1. The van der Waals surface area contributed by atoms with Crippen molar-refractivity contribution in [2.75, 3.05) is 16.0 Å². The first-order valence-electron chi connectivity index (χ1n) is 11.1. The molecule has 2 aromatic heterocycles. The van der Waals surface area contributed by atoms with Crippen LogP contribution in [0.5, 0.6) is 0 Å². The summed E-state index contributed by atoms with van der Waals surface area (Å²) in [5.41, 5.74) is 4.45. The number of fused-ring (bicyclic) bond motifs is 1. The largest absolute Gasteiger partial charge is 0.478 e. The molecule has 0 aliphatic heterocycles. The molecule has 4 N–H and O–H groups in total. The number of carbonyl (C=O) groups is 2. The Kier molecular flexibility index (Phi) is 6.23. The first-order valence-corrected chi connectivity index (χ1v) is 11.1. The molecule has 1 amide bonds. The third-order valence-electron chi connectivity index (χ3n) is 5.48. The predicted octanol–water partition coefficient (Wildman–Crippen LogP) is 6.07. The van der Waals surface area contributed by atoms with Gasteiger partial charge in [0.05, 0.1) is 22.3 Å². The molecular weight excluding hydrogens is 454 g/mol. The van der Waals surface area contributed by atoms with Crippen LogP contribution in [0.2, 0.25) is 0 Å². The van der Waals surface area contributed by atoms with Gasteiger partial charge in [-0.15, -0.1) is 0 Å². The predicted molar refractivity (Wildman–Crippen MR) is 140 cm³/mol. The third kappa shape index (κ3) is 5.13. The zero-order valence-electron chi connectivity index (χ0n) is 19.0. The molecule has 5 rings (SSSR count). The van der Waals surface area contributed by atoms with E-state index in [0.717, 1.165) is 11.4 Å². The molecule has 0 radical (unpaired) electrons. The number of hydrogen-bond donors (Lipinski definition) is 4. The Morgan fingerprint density at radius 1 is 0.694 bits per heavy atom. The summed E-state index contributed by atoms with van der Waals surface area (Å²) in [7, 11) is 0. The lowest BCUT2D eigenvalue weighted by atomic mass is 10.1. The molecular formula is C28H21N5O3. The molecule has 5 aromatic rings. The molecule has 8 heteroatoms. The number of benzene rings is 3. The highest BCUT2D eigenvalue weighted by Crippen LogP contribution is 2.26. The monoisotopic (exact) mass is 475 g/mol. The number of rotatable bonds is 7. The fourth-order valence-electron chi connectivity index (χ4n) is 3.66. The van der Waals surface area contributed by atoms with Crippen molar-refractivity contribution in [3.8, 4) is 0 Å². The van der Waals surface area contributed by atoms with E-state index in [2.05, 4.69) is 25.9 Å². The highest BCUT2D eigenvalue weighted by atomic mass is 16.4. The maximum Gasteiger partial charge on any atom is 0.335 e. The van der Waals surface area contributed by atoms with Gasteiger partial charge in [-0.25, -0.2) is 9.78 Å². The van der Waals surface area contributed by atoms with Gasteiger partial charge in [0, 0.05) is 34.8 Å². The lowest BCUT2D eigenvalue weighted by Crippen LogP contribution is -2.12. The van der Waals surface area contributed by atoms with Gasteiger partial charge >= 0.3 is 5.97 Å². The van der Waals surface area contributed by atoms with Crippen molar-refractivity contribution in [2.24, 2.45) is 0 Å². The summed E-state index contributed by atoms with van der Waals surface area (Å²) < 4.78 is 0. The Bertz CT molecular complexity index is 1540. The normalized spacial score (nSPS) is 10.6. The molecule has 3 aromatic carbocycles. The van der Waals surface area contributed by atoms with Gasteiger partial charge < -0.3 is 21.1 Å². The molecule has 0 atom stereocenters. The van der Waals surface area contributed by atoms with Crippen LogP contribution in [-0.4, -0.2) is 27.0 Å². The third-order valence-corrected chi connectivity index (χ3v) is 5.48. The first kappa shape index (κ1) is 22.5. The molecule has 176 valence electrons. The van der Waals surface area contributed by atoms with Crippen molar-refractivity contribution >= 4 is 51.3 Å². The van der Waals surface area contributed by atoms with Crippen LogP contribution >= 0.6 is 0 Å². The second-order valence-corrected chi connectivity index (χ2v) is 7.98. The van der Waals surface area contributed by atoms with E-state index in [1.165, 1.54) is 12.3 Å². The number of carboxylic acids is 1. The Labute approximate surface area is 206 Å². The Morgan fingerprint density at radius 2 is 1.42 bits per heavy atom. The summed E-state index contributed by atoms with van der Waals surface area (Å²) in [5.74, 6) is -0.781. The van der Waals surface area contributed by atoms with Gasteiger partial charge in [-0.05, 0) is 72.8 Å². The average Bonchev–Trinajstić information content (AvgIpc) is 2.91. The van der Waals surface area contributed by atoms with Crippen LogP contribution in [0.3, 0.4) is 0 Å². The fourth-order valence-corrected chi connectivity index (χ4v) is 3.66. The summed E-state index contributed by atoms with van der Waals surface area (Å²) >= 11 is 0. The minimum absolute atomic E-state index is 0.169. The van der Waals surface area contributed by atoms with Crippen LogP contribution < -0.4 is 16.0 Å². The maximum absolute atomic E-state index is 12.7. The van der Waals surface area contributed by atoms with Crippen molar-refractivity contribution in [2.45, 2.75) is 0 Å². The summed E-state index contributed by atoms with van der Waals surface area (Å²) in [6, 6.07) is 27.1. The molecule has 0 saturated carbocycles. The highest BCUT2D eigenvalue weighted by molar-refractivity contribution is 6.04. The van der Waals surface area contributed by atoms with Crippen molar-refractivity contribution < 1.29 is 14.7 Å². The van der Waals surface area contributed by atoms with E-state index < -0.39 is 5.97 Å². The van der Waals surface area contributed by atoms with Gasteiger partial charge in [0.15, 0.2) is 0 Å². The second-order valence-electron chi connectivity index (χ2n) is 7.98. The lowest BCUT2D eigenvalue weighted by molar-refractivity contribution is 0.0697. The van der Waals surface area contributed by atoms with Gasteiger partial charge in [0.2, 0.25) is 0 Å². The highest BCUT2D eigenvalue weighted by Gasteiger charge is 2.10. The lowest BCUT2D eigenvalue weighted by Gasteiger charge is -2.11. The molecule has 0 spiro atoms. The van der Waals surface area contributed by atoms with Crippen LogP contribution in [0.4, 0.5) is 28.6 Å². The van der Waals surface area contributed by atoms with E-state index in [1.54, 1.807) is 36.5 Å². The zero-order chi connectivity index (χ0) is 24.9. The fraction of sp³-hybridized carbons (Fsp3) is 0. The smallest absolute Gasteiger partial charge is 0.335 e. The second kappa shape index (κ2) is 9.94. The molecule has 0 bridgehead atoms. The van der Waals surface area contributed by atoms with Gasteiger partial charge in [0.25, 0.3) is 5.91 Å². The van der Waals surface area contributed by atoms with Crippen LogP contribution in [0.15, 0.2) is 103 Å².